The minimum atomic E-state index is -0.621. The number of benzene rings is 1. The highest BCUT2D eigenvalue weighted by molar-refractivity contribution is 6.07. The first kappa shape index (κ1) is 22.0. The van der Waals surface area contributed by atoms with Crippen molar-refractivity contribution in [2.45, 2.75) is 64.6 Å². The van der Waals surface area contributed by atoms with Gasteiger partial charge in [-0.2, -0.15) is 0 Å². The molecule has 8 nitrogen and oxygen atoms in total. The Balaban J connectivity index is 1.47. The number of hydrogen-bond acceptors (Lipinski definition) is 5. The minimum absolute atomic E-state index is 0.163. The van der Waals surface area contributed by atoms with Crippen LogP contribution in [0, 0.1) is 5.92 Å². The lowest BCUT2D eigenvalue weighted by molar-refractivity contribution is -0.136. The number of ether oxygens (including phenoxy) is 1. The van der Waals surface area contributed by atoms with Gasteiger partial charge in [-0.25, -0.2) is 4.79 Å². The van der Waals surface area contributed by atoms with E-state index >= 15 is 0 Å². The maximum Gasteiger partial charge on any atom is 0.407 e. The Bertz CT molecular complexity index is 1010. The van der Waals surface area contributed by atoms with E-state index in [9.17, 15) is 19.2 Å². The fraction of sp³-hybridized carbons (Fsp3) is 0.500. The Morgan fingerprint density at radius 2 is 1.97 bits per heavy atom. The highest BCUT2D eigenvalue weighted by Gasteiger charge is 2.40. The lowest BCUT2D eigenvalue weighted by Gasteiger charge is -2.29. The largest absolute Gasteiger partial charge is 0.444 e. The molecule has 0 saturated carbocycles. The average molecular weight is 440 g/mol. The van der Waals surface area contributed by atoms with Crippen LogP contribution in [-0.4, -0.2) is 46.9 Å². The van der Waals surface area contributed by atoms with Crippen LogP contribution in [0.2, 0.25) is 0 Å². The zero-order valence-electron chi connectivity index (χ0n) is 18.7. The standard InChI is InChI=1S/C24H29N3O5/c1-24(2,3)32-23(31)25-12-14-7-8-15(11-14)17-6-4-5-16-13-27(22(30)20(16)17)18-9-10-19(28)26-21(18)29/h4-6,11,14,18H,7-10,12-13H2,1-3H3,(H,25,31)(H,26,28,29). The van der Waals surface area contributed by atoms with E-state index in [1.165, 1.54) is 0 Å². The molecular weight excluding hydrogens is 410 g/mol. The third-order valence-electron chi connectivity index (χ3n) is 6.03. The van der Waals surface area contributed by atoms with Gasteiger partial charge in [0.25, 0.3) is 5.91 Å². The lowest BCUT2D eigenvalue weighted by Crippen LogP contribution is -2.52. The number of hydrogen-bond donors (Lipinski definition) is 2. The molecule has 1 fully saturated rings. The molecule has 4 rings (SSSR count). The van der Waals surface area contributed by atoms with Crippen molar-refractivity contribution in [2.75, 3.05) is 6.54 Å². The number of carbonyl (C=O) groups excluding carboxylic acids is 4. The SMILES string of the molecule is CC(C)(C)OC(=O)NCC1C=C(c2cccc3c2C(=O)N(C2CCC(=O)NC2=O)C3)CC1. The third-order valence-corrected chi connectivity index (χ3v) is 6.03. The Morgan fingerprint density at radius 1 is 1.19 bits per heavy atom. The molecule has 0 bridgehead atoms. The van der Waals surface area contributed by atoms with Crippen LogP contribution in [0.5, 0.6) is 0 Å². The maximum absolute atomic E-state index is 13.3. The van der Waals surface area contributed by atoms with Crippen LogP contribution < -0.4 is 10.6 Å². The number of alkyl carbamates (subject to hydrolysis) is 1. The Morgan fingerprint density at radius 3 is 2.69 bits per heavy atom. The Hall–Kier alpha value is -3.16. The van der Waals surface area contributed by atoms with E-state index in [-0.39, 0.29) is 24.2 Å². The topological polar surface area (TPSA) is 105 Å². The van der Waals surface area contributed by atoms with Crippen LogP contribution in [-0.2, 0) is 20.9 Å². The van der Waals surface area contributed by atoms with E-state index in [1.807, 2.05) is 39.0 Å². The van der Waals surface area contributed by atoms with Crippen LogP contribution >= 0.6 is 0 Å². The molecule has 170 valence electrons. The first-order valence-electron chi connectivity index (χ1n) is 11.1. The lowest BCUT2D eigenvalue weighted by atomic mass is 9.96. The number of imide groups is 1. The number of nitrogens with zero attached hydrogens (tertiary/aromatic N) is 1. The molecule has 2 N–H and O–H groups in total. The van der Waals surface area contributed by atoms with Crippen molar-refractivity contribution in [1.82, 2.24) is 15.5 Å². The molecule has 1 aromatic carbocycles. The van der Waals surface area contributed by atoms with E-state index in [0.29, 0.717) is 25.1 Å². The zero-order chi connectivity index (χ0) is 23.0. The number of piperidine rings is 1. The summed E-state index contributed by atoms with van der Waals surface area (Å²) in [7, 11) is 0. The van der Waals surface area contributed by atoms with Crippen LogP contribution in [0.1, 0.15) is 67.9 Å². The van der Waals surface area contributed by atoms with Gasteiger partial charge in [0.05, 0.1) is 5.56 Å². The summed E-state index contributed by atoms with van der Waals surface area (Å²) in [6.07, 6.45) is 3.95. The summed E-state index contributed by atoms with van der Waals surface area (Å²) in [6.45, 7) is 6.32. The van der Waals surface area contributed by atoms with Crippen molar-refractivity contribution in [2.24, 2.45) is 5.92 Å². The van der Waals surface area contributed by atoms with E-state index in [4.69, 9.17) is 4.74 Å². The minimum Gasteiger partial charge on any atom is -0.444 e. The smallest absolute Gasteiger partial charge is 0.407 e. The van der Waals surface area contributed by atoms with Crippen molar-refractivity contribution in [3.63, 3.8) is 0 Å². The monoisotopic (exact) mass is 439 g/mol. The first-order chi connectivity index (χ1) is 15.1. The summed E-state index contributed by atoms with van der Waals surface area (Å²) >= 11 is 0. The van der Waals surface area contributed by atoms with Crippen molar-refractivity contribution in [3.8, 4) is 0 Å². The molecule has 0 spiro atoms. The van der Waals surface area contributed by atoms with Gasteiger partial charge in [-0.1, -0.05) is 24.3 Å². The third kappa shape index (κ3) is 4.54. The Labute approximate surface area is 187 Å². The number of fused-ring (bicyclic) bond motifs is 1. The van der Waals surface area contributed by atoms with Crippen LogP contribution in [0.4, 0.5) is 4.79 Å². The molecule has 3 aliphatic rings. The molecule has 8 heteroatoms. The molecule has 0 aromatic heterocycles. The second-order valence-electron chi connectivity index (χ2n) is 9.61. The van der Waals surface area contributed by atoms with E-state index in [1.54, 1.807) is 4.90 Å². The van der Waals surface area contributed by atoms with Crippen molar-refractivity contribution < 1.29 is 23.9 Å². The van der Waals surface area contributed by atoms with Gasteiger partial charge in [-0.15, -0.1) is 0 Å². The molecule has 1 saturated heterocycles. The normalized spacial score (nSPS) is 23.0. The predicted molar refractivity (Wildman–Crippen MR) is 117 cm³/mol. The van der Waals surface area contributed by atoms with Crippen molar-refractivity contribution in [3.05, 3.63) is 41.0 Å². The molecule has 1 aliphatic carbocycles. The van der Waals surface area contributed by atoms with Gasteiger partial charge < -0.3 is 15.0 Å². The van der Waals surface area contributed by atoms with E-state index in [0.717, 1.165) is 29.5 Å². The van der Waals surface area contributed by atoms with Crippen LogP contribution in [0.3, 0.4) is 0 Å². The van der Waals surface area contributed by atoms with Gasteiger partial charge in [0.1, 0.15) is 11.6 Å². The Kier molecular flexibility index (Phi) is 5.79. The fourth-order valence-corrected chi connectivity index (χ4v) is 4.59. The summed E-state index contributed by atoms with van der Waals surface area (Å²) in [5.41, 5.74) is 2.97. The van der Waals surface area contributed by atoms with Gasteiger partial charge in [0.15, 0.2) is 0 Å². The van der Waals surface area contributed by atoms with E-state index < -0.39 is 23.6 Å². The van der Waals surface area contributed by atoms with Gasteiger partial charge in [0.2, 0.25) is 11.8 Å². The second kappa shape index (κ2) is 8.41. The molecule has 2 aliphatic heterocycles. The molecule has 4 amide bonds. The maximum atomic E-state index is 13.3. The molecule has 32 heavy (non-hydrogen) atoms. The van der Waals surface area contributed by atoms with Gasteiger partial charge in [-0.05, 0) is 62.7 Å². The van der Waals surface area contributed by atoms with Crippen molar-refractivity contribution in [1.29, 1.82) is 0 Å². The van der Waals surface area contributed by atoms with Gasteiger partial charge >= 0.3 is 6.09 Å². The average Bonchev–Trinajstić information content (AvgIpc) is 3.30. The van der Waals surface area contributed by atoms with Crippen LogP contribution in [0.15, 0.2) is 24.3 Å². The summed E-state index contributed by atoms with van der Waals surface area (Å²) in [4.78, 5) is 50.6. The number of nitrogens with one attached hydrogen (secondary N) is 2. The number of allylic oxidation sites excluding steroid dienone is 1. The number of rotatable bonds is 4. The molecule has 2 unspecified atom stereocenters. The summed E-state index contributed by atoms with van der Waals surface area (Å²) in [6, 6.07) is 5.17. The van der Waals surface area contributed by atoms with Crippen LogP contribution in [0.25, 0.3) is 5.57 Å². The number of carbonyl (C=O) groups is 4. The summed E-state index contributed by atoms with van der Waals surface area (Å²) in [5, 5.41) is 5.16. The molecule has 2 heterocycles. The molecule has 1 aromatic rings. The fourth-order valence-electron chi connectivity index (χ4n) is 4.59. The summed E-state index contributed by atoms with van der Waals surface area (Å²) in [5.74, 6) is -0.701. The van der Waals surface area contributed by atoms with Crippen molar-refractivity contribution >= 4 is 29.4 Å². The summed E-state index contributed by atoms with van der Waals surface area (Å²) < 4.78 is 5.29. The quantitative estimate of drug-likeness (QED) is 0.702. The molecule has 2 atom stereocenters. The molecular formula is C24H29N3O5. The van der Waals surface area contributed by atoms with Gasteiger partial charge in [-0.3, -0.25) is 19.7 Å². The van der Waals surface area contributed by atoms with E-state index in [2.05, 4.69) is 16.7 Å². The highest BCUT2D eigenvalue weighted by Crippen LogP contribution is 2.38. The molecule has 0 radical (unpaired) electrons. The predicted octanol–water partition coefficient (Wildman–Crippen LogP) is 2.77. The first-order valence-corrected chi connectivity index (χ1v) is 11.1. The highest BCUT2D eigenvalue weighted by atomic mass is 16.6. The van der Waals surface area contributed by atoms with Gasteiger partial charge in [0, 0.05) is 19.5 Å². The zero-order valence-corrected chi connectivity index (χ0v) is 18.7. The number of amides is 4. The second-order valence-corrected chi connectivity index (χ2v) is 9.61.